The summed E-state index contributed by atoms with van der Waals surface area (Å²) in [5.41, 5.74) is 0.343. The molecule has 0 aliphatic heterocycles. The Bertz CT molecular complexity index is 111. The van der Waals surface area contributed by atoms with Gasteiger partial charge in [0.2, 0.25) is 0 Å². The molecule has 0 radical (unpaired) electrons. The molecule has 0 aromatic heterocycles. The summed E-state index contributed by atoms with van der Waals surface area (Å²) in [4.78, 5) is 0. The highest BCUT2D eigenvalue weighted by molar-refractivity contribution is 9.09. The Balaban J connectivity index is 4.15. The van der Waals surface area contributed by atoms with E-state index in [4.69, 9.17) is 4.74 Å². The van der Waals surface area contributed by atoms with Crippen molar-refractivity contribution in [3.05, 3.63) is 0 Å². The number of alkyl halides is 2. The molecular formula is C9H18Br2O. The first-order valence-corrected chi connectivity index (χ1v) is 6.48. The molecule has 0 unspecified atom stereocenters. The maximum absolute atomic E-state index is 5.11. The van der Waals surface area contributed by atoms with Gasteiger partial charge in [0.25, 0.3) is 0 Å². The highest BCUT2D eigenvalue weighted by Gasteiger charge is 2.30. The molecule has 0 aliphatic carbocycles. The van der Waals surface area contributed by atoms with Crippen LogP contribution in [0, 0.1) is 11.3 Å². The smallest absolute Gasteiger partial charge is 0.0468 e. The SMILES string of the molecule is COCCC(CBr)(CBr)C(C)C. The molecule has 0 amide bonds. The molecule has 3 heteroatoms. The second-order valence-electron chi connectivity index (χ2n) is 3.53. The van der Waals surface area contributed by atoms with Gasteiger partial charge >= 0.3 is 0 Å². The summed E-state index contributed by atoms with van der Waals surface area (Å²) in [5, 5.41) is 2.07. The van der Waals surface area contributed by atoms with E-state index in [9.17, 15) is 0 Å². The van der Waals surface area contributed by atoms with Crippen LogP contribution in [0.3, 0.4) is 0 Å². The zero-order valence-electron chi connectivity index (χ0n) is 8.07. The second kappa shape index (κ2) is 6.39. The van der Waals surface area contributed by atoms with Gasteiger partial charge in [0.15, 0.2) is 0 Å². The molecule has 0 heterocycles. The van der Waals surface area contributed by atoms with Crippen molar-refractivity contribution in [1.29, 1.82) is 0 Å². The Morgan fingerprint density at radius 3 is 2.00 bits per heavy atom. The number of rotatable bonds is 6. The van der Waals surface area contributed by atoms with E-state index in [0.29, 0.717) is 11.3 Å². The molecule has 0 spiro atoms. The van der Waals surface area contributed by atoms with Crippen molar-refractivity contribution >= 4 is 31.9 Å². The second-order valence-corrected chi connectivity index (χ2v) is 4.65. The molecule has 0 bridgehead atoms. The van der Waals surface area contributed by atoms with Crippen LogP contribution in [0.2, 0.25) is 0 Å². The topological polar surface area (TPSA) is 9.23 Å². The molecule has 0 aliphatic rings. The lowest BCUT2D eigenvalue weighted by Crippen LogP contribution is -2.32. The molecular weight excluding hydrogens is 284 g/mol. The summed E-state index contributed by atoms with van der Waals surface area (Å²) >= 11 is 7.16. The van der Waals surface area contributed by atoms with Gasteiger partial charge in [0.1, 0.15) is 0 Å². The van der Waals surface area contributed by atoms with Crippen molar-refractivity contribution in [2.45, 2.75) is 20.3 Å². The Labute approximate surface area is 92.5 Å². The third-order valence-electron chi connectivity index (χ3n) is 2.56. The minimum absolute atomic E-state index is 0.343. The van der Waals surface area contributed by atoms with Crippen molar-refractivity contribution in [1.82, 2.24) is 0 Å². The van der Waals surface area contributed by atoms with Crippen LogP contribution in [-0.4, -0.2) is 24.4 Å². The average molecular weight is 302 g/mol. The third-order valence-corrected chi connectivity index (χ3v) is 4.79. The van der Waals surface area contributed by atoms with E-state index in [1.807, 2.05) is 0 Å². The van der Waals surface area contributed by atoms with E-state index in [-0.39, 0.29) is 0 Å². The van der Waals surface area contributed by atoms with E-state index >= 15 is 0 Å². The molecule has 1 nitrogen and oxygen atoms in total. The lowest BCUT2D eigenvalue weighted by atomic mass is 9.78. The van der Waals surface area contributed by atoms with Crippen molar-refractivity contribution in [2.24, 2.45) is 11.3 Å². The van der Waals surface area contributed by atoms with Gasteiger partial charge in [-0.3, -0.25) is 0 Å². The van der Waals surface area contributed by atoms with Crippen LogP contribution in [0.15, 0.2) is 0 Å². The molecule has 0 atom stereocenters. The van der Waals surface area contributed by atoms with Gasteiger partial charge in [-0.05, 0) is 17.8 Å². The molecule has 0 saturated heterocycles. The molecule has 0 saturated carbocycles. The summed E-state index contributed by atoms with van der Waals surface area (Å²) in [6.45, 7) is 5.37. The summed E-state index contributed by atoms with van der Waals surface area (Å²) < 4.78 is 5.11. The average Bonchev–Trinajstić information content (AvgIpc) is 2.07. The van der Waals surface area contributed by atoms with Crippen LogP contribution in [0.5, 0.6) is 0 Å². The molecule has 74 valence electrons. The number of hydrogen-bond acceptors (Lipinski definition) is 1. The quantitative estimate of drug-likeness (QED) is 0.683. The highest BCUT2D eigenvalue weighted by atomic mass is 79.9. The number of methoxy groups -OCH3 is 1. The van der Waals surface area contributed by atoms with Crippen LogP contribution in [0.25, 0.3) is 0 Å². The maximum Gasteiger partial charge on any atom is 0.0468 e. The molecule has 0 N–H and O–H groups in total. The van der Waals surface area contributed by atoms with Crippen molar-refractivity contribution in [2.75, 3.05) is 24.4 Å². The fraction of sp³-hybridized carbons (Fsp3) is 1.00. The molecule has 0 fully saturated rings. The summed E-state index contributed by atoms with van der Waals surface area (Å²) in [7, 11) is 1.76. The predicted octanol–water partition coefficient (Wildman–Crippen LogP) is 3.46. The standard InChI is InChI=1S/C9H18Br2O/c1-8(2)9(6-10,7-11)4-5-12-3/h8H,4-7H2,1-3H3. The van der Waals surface area contributed by atoms with Crippen molar-refractivity contribution < 1.29 is 4.74 Å². The van der Waals surface area contributed by atoms with E-state index in [1.165, 1.54) is 0 Å². The minimum atomic E-state index is 0.343. The monoisotopic (exact) mass is 300 g/mol. The fourth-order valence-corrected chi connectivity index (χ4v) is 3.86. The van der Waals surface area contributed by atoms with E-state index < -0.39 is 0 Å². The Kier molecular flexibility index (Phi) is 6.87. The Morgan fingerprint density at radius 2 is 1.75 bits per heavy atom. The van der Waals surface area contributed by atoms with Crippen LogP contribution in [0.1, 0.15) is 20.3 Å². The maximum atomic E-state index is 5.11. The number of ether oxygens (including phenoxy) is 1. The van der Waals surface area contributed by atoms with Crippen molar-refractivity contribution in [3.8, 4) is 0 Å². The lowest BCUT2D eigenvalue weighted by molar-refractivity contribution is 0.133. The molecule has 12 heavy (non-hydrogen) atoms. The van der Waals surface area contributed by atoms with E-state index in [0.717, 1.165) is 23.7 Å². The zero-order chi connectivity index (χ0) is 9.61. The van der Waals surface area contributed by atoms with Gasteiger partial charge in [-0.1, -0.05) is 45.7 Å². The predicted molar refractivity (Wildman–Crippen MR) is 61.4 cm³/mol. The normalized spacial score (nSPS) is 12.5. The van der Waals surface area contributed by atoms with Gasteiger partial charge in [-0.15, -0.1) is 0 Å². The first-order chi connectivity index (χ1) is 5.63. The minimum Gasteiger partial charge on any atom is -0.385 e. The third kappa shape index (κ3) is 3.35. The Morgan fingerprint density at radius 1 is 1.25 bits per heavy atom. The summed E-state index contributed by atoms with van der Waals surface area (Å²) in [5.74, 6) is 0.673. The summed E-state index contributed by atoms with van der Waals surface area (Å²) in [6, 6.07) is 0. The van der Waals surface area contributed by atoms with Gasteiger partial charge < -0.3 is 4.74 Å². The highest BCUT2D eigenvalue weighted by Crippen LogP contribution is 2.35. The fourth-order valence-electron chi connectivity index (χ4n) is 1.07. The van der Waals surface area contributed by atoms with Gasteiger partial charge in [0.05, 0.1) is 0 Å². The molecule has 0 aromatic rings. The van der Waals surface area contributed by atoms with E-state index in [1.54, 1.807) is 7.11 Å². The summed E-state index contributed by atoms with van der Waals surface area (Å²) in [6.07, 6.45) is 1.11. The Hall–Kier alpha value is 0.920. The number of hydrogen-bond donors (Lipinski definition) is 0. The van der Waals surface area contributed by atoms with Gasteiger partial charge in [-0.25, -0.2) is 0 Å². The van der Waals surface area contributed by atoms with Crippen LogP contribution >= 0.6 is 31.9 Å². The van der Waals surface area contributed by atoms with Crippen LogP contribution in [-0.2, 0) is 4.74 Å². The number of halogens is 2. The van der Waals surface area contributed by atoms with Crippen molar-refractivity contribution in [3.63, 3.8) is 0 Å². The van der Waals surface area contributed by atoms with Gasteiger partial charge in [-0.2, -0.15) is 0 Å². The first-order valence-electron chi connectivity index (χ1n) is 4.24. The molecule has 0 rings (SSSR count). The van der Waals surface area contributed by atoms with Crippen LogP contribution < -0.4 is 0 Å². The first kappa shape index (κ1) is 12.9. The van der Waals surface area contributed by atoms with Crippen LogP contribution in [0.4, 0.5) is 0 Å². The van der Waals surface area contributed by atoms with Gasteiger partial charge in [0, 0.05) is 24.4 Å². The molecule has 0 aromatic carbocycles. The van der Waals surface area contributed by atoms with E-state index in [2.05, 4.69) is 45.7 Å². The lowest BCUT2D eigenvalue weighted by Gasteiger charge is -2.34. The largest absolute Gasteiger partial charge is 0.385 e. The zero-order valence-corrected chi connectivity index (χ0v) is 11.2.